The van der Waals surface area contributed by atoms with Gasteiger partial charge in [0.15, 0.2) is 0 Å². The van der Waals surface area contributed by atoms with Crippen LogP contribution in [0.1, 0.15) is 63.3 Å². The minimum atomic E-state index is 0.308. The van der Waals surface area contributed by atoms with E-state index in [4.69, 9.17) is 0 Å². The summed E-state index contributed by atoms with van der Waals surface area (Å²) in [5.74, 6) is 0. The molecule has 0 saturated carbocycles. The van der Waals surface area contributed by atoms with E-state index >= 15 is 0 Å². The van der Waals surface area contributed by atoms with Crippen LogP contribution in [-0.4, -0.2) is 6.54 Å². The molecule has 1 aromatic carbocycles. The first kappa shape index (κ1) is 13.6. The summed E-state index contributed by atoms with van der Waals surface area (Å²) < 4.78 is 0. The fourth-order valence-electron chi connectivity index (χ4n) is 3.02. The third-order valence-electron chi connectivity index (χ3n) is 4.56. The van der Waals surface area contributed by atoms with Crippen molar-refractivity contribution in [1.82, 2.24) is 5.32 Å². The number of nitrogens with one attached hydrogen (secondary N) is 1. The summed E-state index contributed by atoms with van der Waals surface area (Å²) in [7, 11) is 0. The van der Waals surface area contributed by atoms with Gasteiger partial charge < -0.3 is 5.32 Å². The molecule has 0 fully saturated rings. The molecule has 0 radical (unpaired) electrons. The highest BCUT2D eigenvalue weighted by Crippen LogP contribution is 2.37. The van der Waals surface area contributed by atoms with Gasteiger partial charge in [0.1, 0.15) is 0 Å². The van der Waals surface area contributed by atoms with Crippen molar-refractivity contribution in [1.29, 1.82) is 0 Å². The second-order valence-electron chi connectivity index (χ2n) is 6.21. The minimum Gasteiger partial charge on any atom is -0.310 e. The van der Waals surface area contributed by atoms with E-state index in [0.29, 0.717) is 11.5 Å². The van der Waals surface area contributed by atoms with Crippen molar-refractivity contribution in [2.75, 3.05) is 6.54 Å². The maximum atomic E-state index is 3.68. The standard InChI is InChI=1S/C17H27N/c1-5-17(3,4)16(18-6-2)15-11-10-13-8-7-9-14(13)12-15/h10-12,16,18H,5-9H2,1-4H3. The van der Waals surface area contributed by atoms with Gasteiger partial charge in [-0.3, -0.25) is 0 Å². The summed E-state index contributed by atoms with van der Waals surface area (Å²) in [5, 5.41) is 3.68. The summed E-state index contributed by atoms with van der Waals surface area (Å²) in [5.41, 5.74) is 4.94. The Morgan fingerprint density at radius 3 is 2.56 bits per heavy atom. The summed E-state index contributed by atoms with van der Waals surface area (Å²) in [6.45, 7) is 10.3. The van der Waals surface area contributed by atoms with Crippen molar-refractivity contribution >= 4 is 0 Å². The van der Waals surface area contributed by atoms with Crippen LogP contribution in [0.5, 0.6) is 0 Å². The maximum Gasteiger partial charge on any atom is 0.0371 e. The van der Waals surface area contributed by atoms with Crippen molar-refractivity contribution < 1.29 is 0 Å². The van der Waals surface area contributed by atoms with Crippen LogP contribution >= 0.6 is 0 Å². The van der Waals surface area contributed by atoms with Crippen molar-refractivity contribution in [3.05, 3.63) is 34.9 Å². The molecular formula is C17H27N. The molecule has 100 valence electrons. The topological polar surface area (TPSA) is 12.0 Å². The average Bonchev–Trinajstić information content (AvgIpc) is 2.82. The summed E-state index contributed by atoms with van der Waals surface area (Å²) in [4.78, 5) is 0. The van der Waals surface area contributed by atoms with Crippen molar-refractivity contribution in [3.8, 4) is 0 Å². The van der Waals surface area contributed by atoms with E-state index in [2.05, 4.69) is 51.2 Å². The second-order valence-corrected chi connectivity index (χ2v) is 6.21. The van der Waals surface area contributed by atoms with Gasteiger partial charge in [-0.2, -0.15) is 0 Å². The molecule has 1 heteroatoms. The minimum absolute atomic E-state index is 0.308. The van der Waals surface area contributed by atoms with Gasteiger partial charge in [-0.15, -0.1) is 0 Å². The van der Waals surface area contributed by atoms with Crippen LogP contribution in [0.3, 0.4) is 0 Å². The lowest BCUT2D eigenvalue weighted by Crippen LogP contribution is -2.33. The van der Waals surface area contributed by atoms with E-state index in [1.165, 1.54) is 31.2 Å². The lowest BCUT2D eigenvalue weighted by Gasteiger charge is -2.35. The highest BCUT2D eigenvalue weighted by molar-refractivity contribution is 5.37. The van der Waals surface area contributed by atoms with Gasteiger partial charge >= 0.3 is 0 Å². The summed E-state index contributed by atoms with van der Waals surface area (Å²) >= 11 is 0. The van der Waals surface area contributed by atoms with E-state index in [0.717, 1.165) is 6.54 Å². The normalized spacial score (nSPS) is 16.7. The highest BCUT2D eigenvalue weighted by Gasteiger charge is 2.29. The maximum absolute atomic E-state index is 3.68. The second kappa shape index (κ2) is 5.44. The van der Waals surface area contributed by atoms with E-state index in [1.807, 2.05) is 0 Å². The third kappa shape index (κ3) is 2.61. The summed E-state index contributed by atoms with van der Waals surface area (Å²) in [6, 6.07) is 7.62. The zero-order valence-electron chi connectivity index (χ0n) is 12.3. The Bertz CT molecular complexity index is 406. The molecule has 0 amide bonds. The number of fused-ring (bicyclic) bond motifs is 1. The molecule has 1 nitrogen and oxygen atoms in total. The Hall–Kier alpha value is -0.820. The molecule has 1 aliphatic rings. The van der Waals surface area contributed by atoms with Gasteiger partial charge in [0.25, 0.3) is 0 Å². The molecule has 1 atom stereocenters. The van der Waals surface area contributed by atoms with Gasteiger partial charge in [0.05, 0.1) is 0 Å². The van der Waals surface area contributed by atoms with E-state index < -0.39 is 0 Å². The fourth-order valence-corrected chi connectivity index (χ4v) is 3.02. The molecule has 1 aromatic rings. The molecule has 0 spiro atoms. The van der Waals surface area contributed by atoms with Gasteiger partial charge in [0, 0.05) is 6.04 Å². The number of hydrogen-bond acceptors (Lipinski definition) is 1. The Labute approximate surface area is 112 Å². The Kier molecular flexibility index (Phi) is 4.11. The largest absolute Gasteiger partial charge is 0.310 e. The van der Waals surface area contributed by atoms with Crippen LogP contribution in [0.25, 0.3) is 0 Å². The van der Waals surface area contributed by atoms with Crippen molar-refractivity contribution in [3.63, 3.8) is 0 Å². The fraction of sp³-hybridized carbons (Fsp3) is 0.647. The molecule has 1 N–H and O–H groups in total. The zero-order chi connectivity index (χ0) is 13.2. The first-order chi connectivity index (χ1) is 8.58. The zero-order valence-corrected chi connectivity index (χ0v) is 12.3. The first-order valence-electron chi connectivity index (χ1n) is 7.43. The van der Waals surface area contributed by atoms with Gasteiger partial charge in [-0.25, -0.2) is 0 Å². The van der Waals surface area contributed by atoms with Gasteiger partial charge in [0.2, 0.25) is 0 Å². The first-order valence-corrected chi connectivity index (χ1v) is 7.43. The number of rotatable bonds is 5. The monoisotopic (exact) mass is 245 g/mol. The van der Waals surface area contributed by atoms with E-state index in [9.17, 15) is 0 Å². The number of hydrogen-bond donors (Lipinski definition) is 1. The van der Waals surface area contributed by atoms with Crippen LogP contribution in [0, 0.1) is 5.41 Å². The molecule has 0 heterocycles. The van der Waals surface area contributed by atoms with Gasteiger partial charge in [-0.1, -0.05) is 45.9 Å². The van der Waals surface area contributed by atoms with E-state index in [1.54, 1.807) is 11.1 Å². The number of aryl methyl sites for hydroxylation is 2. The van der Waals surface area contributed by atoms with Crippen LogP contribution in [-0.2, 0) is 12.8 Å². The van der Waals surface area contributed by atoms with Crippen LogP contribution < -0.4 is 5.32 Å². The molecule has 18 heavy (non-hydrogen) atoms. The smallest absolute Gasteiger partial charge is 0.0371 e. The lowest BCUT2D eigenvalue weighted by atomic mass is 9.78. The molecule has 2 rings (SSSR count). The Morgan fingerprint density at radius 1 is 1.17 bits per heavy atom. The molecule has 0 aliphatic heterocycles. The summed E-state index contributed by atoms with van der Waals surface area (Å²) in [6.07, 6.45) is 5.08. The quantitative estimate of drug-likeness (QED) is 0.817. The van der Waals surface area contributed by atoms with Gasteiger partial charge in [-0.05, 0) is 54.3 Å². The molecule has 0 saturated heterocycles. The van der Waals surface area contributed by atoms with Crippen LogP contribution in [0.2, 0.25) is 0 Å². The Balaban J connectivity index is 2.31. The SMILES string of the molecule is CCNC(c1ccc2c(c1)CCC2)C(C)(C)CC. The number of benzene rings is 1. The highest BCUT2D eigenvalue weighted by atomic mass is 14.9. The Morgan fingerprint density at radius 2 is 1.89 bits per heavy atom. The average molecular weight is 245 g/mol. The predicted molar refractivity (Wildman–Crippen MR) is 79.0 cm³/mol. The molecule has 1 unspecified atom stereocenters. The molecular weight excluding hydrogens is 218 g/mol. The van der Waals surface area contributed by atoms with Crippen molar-refractivity contribution in [2.45, 2.75) is 59.4 Å². The third-order valence-corrected chi connectivity index (χ3v) is 4.56. The molecule has 0 bridgehead atoms. The van der Waals surface area contributed by atoms with Crippen molar-refractivity contribution in [2.24, 2.45) is 5.41 Å². The van der Waals surface area contributed by atoms with E-state index in [-0.39, 0.29) is 0 Å². The lowest BCUT2D eigenvalue weighted by molar-refractivity contribution is 0.237. The van der Waals surface area contributed by atoms with Crippen LogP contribution in [0.4, 0.5) is 0 Å². The molecule has 0 aromatic heterocycles. The predicted octanol–water partition coefficient (Wildman–Crippen LogP) is 4.26. The molecule has 1 aliphatic carbocycles. The van der Waals surface area contributed by atoms with Crippen LogP contribution in [0.15, 0.2) is 18.2 Å².